The zero-order valence-corrected chi connectivity index (χ0v) is 13.0. The maximum atomic E-state index is 11.9. The van der Waals surface area contributed by atoms with E-state index in [1.54, 1.807) is 13.0 Å². The van der Waals surface area contributed by atoms with Crippen LogP contribution in [0.25, 0.3) is 0 Å². The number of nitrogens with zero attached hydrogens (tertiary/aromatic N) is 2. The Balaban J connectivity index is 2.15. The largest absolute Gasteiger partial charge is 0.477 e. The van der Waals surface area contributed by atoms with Crippen LogP contribution in [0, 0.1) is 17.0 Å². The predicted molar refractivity (Wildman–Crippen MR) is 79.8 cm³/mol. The van der Waals surface area contributed by atoms with Crippen LogP contribution in [0.4, 0.5) is 5.82 Å². The molecule has 2 rings (SSSR count). The highest BCUT2D eigenvalue weighted by Crippen LogP contribution is 2.32. The first-order chi connectivity index (χ1) is 9.88. The molecule has 0 atom stereocenters. The molecule has 0 radical (unpaired) electrons. The molecule has 0 saturated carbocycles. The van der Waals surface area contributed by atoms with Crippen LogP contribution in [0.2, 0.25) is 8.67 Å². The van der Waals surface area contributed by atoms with E-state index < -0.39 is 23.1 Å². The van der Waals surface area contributed by atoms with Gasteiger partial charge >= 0.3 is 5.82 Å². The number of Topliss-reactive ketones (excluding diaryl/α,β-unsaturated/α-hetero) is 1. The maximum Gasteiger partial charge on any atom is 0.406 e. The highest BCUT2D eigenvalue weighted by Gasteiger charge is 2.20. The topological polar surface area (TPSA) is 82.3 Å². The predicted octanol–water partition coefficient (Wildman–Crippen LogP) is 3.93. The normalized spacial score (nSPS) is 10.4. The van der Waals surface area contributed by atoms with E-state index in [9.17, 15) is 14.9 Å². The highest BCUT2D eigenvalue weighted by atomic mass is 35.5. The van der Waals surface area contributed by atoms with E-state index >= 15 is 0 Å². The monoisotopic (exact) mass is 346 g/mol. The van der Waals surface area contributed by atoms with Crippen molar-refractivity contribution in [2.24, 2.45) is 0 Å². The third kappa shape index (κ3) is 3.69. The second kappa shape index (κ2) is 6.38. The number of hydrogen-bond acceptors (Lipinski definition) is 6. The van der Waals surface area contributed by atoms with Crippen LogP contribution in [-0.4, -0.2) is 22.3 Å². The molecule has 110 valence electrons. The molecule has 21 heavy (non-hydrogen) atoms. The third-order valence-corrected chi connectivity index (χ3v) is 3.95. The number of carbonyl (C=O) groups excluding carboxylic acids is 1. The molecule has 0 fully saturated rings. The summed E-state index contributed by atoms with van der Waals surface area (Å²) >= 11 is 12.7. The summed E-state index contributed by atoms with van der Waals surface area (Å²) in [4.78, 5) is 25.9. The lowest BCUT2D eigenvalue weighted by atomic mass is 10.2. The molecular weight excluding hydrogens is 339 g/mol. The number of pyridine rings is 1. The number of hydrogen-bond donors (Lipinski definition) is 0. The Bertz CT molecular complexity index is 717. The van der Waals surface area contributed by atoms with Gasteiger partial charge in [-0.05, 0) is 28.1 Å². The molecule has 0 aliphatic carbocycles. The van der Waals surface area contributed by atoms with Gasteiger partial charge in [0.05, 0.1) is 9.90 Å². The quantitative estimate of drug-likeness (QED) is 0.465. The summed E-state index contributed by atoms with van der Waals surface area (Å²) < 4.78 is 5.82. The average Bonchev–Trinajstić information content (AvgIpc) is 2.75. The van der Waals surface area contributed by atoms with Crippen LogP contribution in [-0.2, 0) is 0 Å². The van der Waals surface area contributed by atoms with Crippen LogP contribution in [0.3, 0.4) is 0 Å². The second-order valence-electron chi connectivity index (χ2n) is 3.98. The van der Waals surface area contributed by atoms with E-state index in [4.69, 9.17) is 27.9 Å². The Labute approximate surface area is 133 Å². The van der Waals surface area contributed by atoms with Crippen molar-refractivity contribution in [1.82, 2.24) is 4.98 Å². The minimum Gasteiger partial charge on any atom is -0.477 e. The van der Waals surface area contributed by atoms with Crippen molar-refractivity contribution in [2.45, 2.75) is 6.92 Å². The molecule has 2 aromatic heterocycles. The summed E-state index contributed by atoms with van der Waals surface area (Å²) in [6.07, 6.45) is 0. The molecule has 6 nitrogen and oxygen atoms in total. The van der Waals surface area contributed by atoms with E-state index in [1.165, 1.54) is 12.1 Å². The van der Waals surface area contributed by atoms with E-state index in [-0.39, 0.29) is 15.6 Å². The molecular formula is C12H8Cl2N2O4S. The van der Waals surface area contributed by atoms with E-state index in [1.807, 2.05) is 0 Å². The molecule has 0 N–H and O–H groups in total. The van der Waals surface area contributed by atoms with E-state index in [0.29, 0.717) is 10.0 Å². The highest BCUT2D eigenvalue weighted by molar-refractivity contribution is 7.20. The first kappa shape index (κ1) is 15.7. The van der Waals surface area contributed by atoms with Gasteiger partial charge in [0.25, 0.3) is 0 Å². The molecule has 2 aromatic rings. The van der Waals surface area contributed by atoms with Gasteiger partial charge in [0.1, 0.15) is 10.0 Å². The van der Waals surface area contributed by atoms with Crippen molar-refractivity contribution < 1.29 is 14.5 Å². The molecule has 9 heteroatoms. The van der Waals surface area contributed by atoms with Gasteiger partial charge in [-0.25, -0.2) is 0 Å². The standard InChI is InChI=1S/C12H8Cl2N2O4S/c1-6-2-3-9(12(15-6)16(18)19)20-5-8(17)7-4-10(13)21-11(7)14/h2-4H,5H2,1H3. The number of thiophene rings is 1. The number of aromatic nitrogens is 1. The SMILES string of the molecule is Cc1ccc(OCC(=O)c2cc(Cl)sc2Cl)c([N+](=O)[O-])n1. The minimum absolute atomic E-state index is 0.0728. The molecule has 0 bridgehead atoms. The Morgan fingerprint density at radius 3 is 2.76 bits per heavy atom. The van der Waals surface area contributed by atoms with E-state index in [0.717, 1.165) is 11.3 Å². The maximum absolute atomic E-state index is 11.9. The summed E-state index contributed by atoms with van der Waals surface area (Å²) in [6.45, 7) is 1.23. The van der Waals surface area contributed by atoms with Crippen LogP contribution in [0.15, 0.2) is 18.2 Å². The van der Waals surface area contributed by atoms with Crippen molar-refractivity contribution >= 4 is 46.1 Å². The van der Waals surface area contributed by atoms with Gasteiger partial charge in [-0.3, -0.25) is 4.79 Å². The van der Waals surface area contributed by atoms with Crippen LogP contribution >= 0.6 is 34.5 Å². The third-order valence-electron chi connectivity index (χ3n) is 2.47. The Kier molecular flexibility index (Phi) is 4.76. The lowest BCUT2D eigenvalue weighted by Gasteiger charge is -2.05. The number of halogens is 2. The van der Waals surface area contributed by atoms with Gasteiger partial charge in [0, 0.05) is 6.92 Å². The Morgan fingerprint density at radius 2 is 2.19 bits per heavy atom. The molecule has 0 aliphatic rings. The fraction of sp³-hybridized carbons (Fsp3) is 0.167. The molecule has 0 aliphatic heterocycles. The van der Waals surface area contributed by atoms with Gasteiger partial charge in [0.15, 0.2) is 6.61 Å². The summed E-state index contributed by atoms with van der Waals surface area (Å²) in [7, 11) is 0. The average molecular weight is 347 g/mol. The molecule has 2 heterocycles. The van der Waals surface area contributed by atoms with E-state index in [2.05, 4.69) is 4.98 Å². The van der Waals surface area contributed by atoms with Gasteiger partial charge in [-0.2, -0.15) is 0 Å². The number of rotatable bonds is 5. The van der Waals surface area contributed by atoms with Crippen molar-refractivity contribution in [2.75, 3.05) is 6.61 Å². The fourth-order valence-electron chi connectivity index (χ4n) is 1.53. The van der Waals surface area contributed by atoms with Crippen molar-refractivity contribution in [3.05, 3.63) is 48.2 Å². The summed E-state index contributed by atoms with van der Waals surface area (Å²) in [5.41, 5.74) is 0.711. The summed E-state index contributed by atoms with van der Waals surface area (Å²) in [6, 6.07) is 4.39. The van der Waals surface area contributed by atoms with Gasteiger partial charge < -0.3 is 14.9 Å². The van der Waals surface area contributed by atoms with Gasteiger partial charge in [-0.1, -0.05) is 23.2 Å². The summed E-state index contributed by atoms with van der Waals surface area (Å²) in [5, 5.41) is 10.9. The van der Waals surface area contributed by atoms with Crippen molar-refractivity contribution in [3.8, 4) is 5.75 Å². The van der Waals surface area contributed by atoms with Crippen molar-refractivity contribution in [3.63, 3.8) is 0 Å². The zero-order valence-electron chi connectivity index (χ0n) is 10.6. The summed E-state index contributed by atoms with van der Waals surface area (Å²) in [5.74, 6) is -0.924. The van der Waals surface area contributed by atoms with Crippen LogP contribution in [0.1, 0.15) is 16.1 Å². The lowest BCUT2D eigenvalue weighted by Crippen LogP contribution is -2.12. The number of ether oxygens (including phenoxy) is 1. The number of carbonyl (C=O) groups is 1. The molecule has 0 amide bonds. The number of aryl methyl sites for hydroxylation is 1. The zero-order chi connectivity index (χ0) is 15.6. The molecule has 0 spiro atoms. The van der Waals surface area contributed by atoms with Crippen LogP contribution < -0.4 is 4.74 Å². The smallest absolute Gasteiger partial charge is 0.406 e. The fourth-order valence-corrected chi connectivity index (χ4v) is 3.02. The molecule has 0 unspecified atom stereocenters. The second-order valence-corrected chi connectivity index (χ2v) is 6.27. The number of ketones is 1. The number of nitro groups is 1. The minimum atomic E-state index is -0.665. The van der Waals surface area contributed by atoms with Gasteiger partial charge in [-0.15, -0.1) is 11.3 Å². The van der Waals surface area contributed by atoms with Crippen LogP contribution in [0.5, 0.6) is 5.75 Å². The van der Waals surface area contributed by atoms with Crippen molar-refractivity contribution in [1.29, 1.82) is 0 Å². The first-order valence-corrected chi connectivity index (χ1v) is 7.18. The Morgan fingerprint density at radius 1 is 1.48 bits per heavy atom. The first-order valence-electron chi connectivity index (χ1n) is 5.61. The molecule has 0 saturated heterocycles. The van der Waals surface area contributed by atoms with Gasteiger partial charge in [0.2, 0.25) is 11.5 Å². The Hall–Kier alpha value is -1.70. The molecule has 0 aromatic carbocycles. The lowest BCUT2D eigenvalue weighted by molar-refractivity contribution is -0.390.